The molecule has 6 nitrogen and oxygen atoms in total. The number of nitrogens with one attached hydrogen (secondary N) is 1. The molecule has 160 valence electrons. The molecule has 0 aliphatic rings. The number of amides is 1. The van der Waals surface area contributed by atoms with Gasteiger partial charge in [0.05, 0.1) is 23.8 Å². The number of aromatic nitrogens is 2. The van der Waals surface area contributed by atoms with Gasteiger partial charge in [0.25, 0.3) is 5.91 Å². The van der Waals surface area contributed by atoms with Gasteiger partial charge in [-0.05, 0) is 35.7 Å². The average Bonchev–Trinajstić information content (AvgIpc) is 3.48. The molecule has 0 radical (unpaired) electrons. The average molecular weight is 425 g/mol. The van der Waals surface area contributed by atoms with E-state index in [1.165, 1.54) is 6.26 Å². The van der Waals surface area contributed by atoms with Crippen molar-refractivity contribution in [3.05, 3.63) is 96.7 Å². The summed E-state index contributed by atoms with van der Waals surface area (Å²) in [4.78, 5) is 16.9. The number of hydrogen-bond acceptors (Lipinski definition) is 4. The van der Waals surface area contributed by atoms with Crippen LogP contribution < -0.4 is 10.1 Å². The van der Waals surface area contributed by atoms with Crippen LogP contribution >= 0.6 is 0 Å². The summed E-state index contributed by atoms with van der Waals surface area (Å²) in [6, 6.07) is 25.7. The largest absolute Gasteiger partial charge is 0.491 e. The fraction of sp³-hybridized carbons (Fsp3) is 0.154. The molecular weight excluding hydrogens is 402 g/mol. The van der Waals surface area contributed by atoms with Crippen molar-refractivity contribution in [2.45, 2.75) is 13.0 Å². The van der Waals surface area contributed by atoms with E-state index >= 15 is 0 Å². The lowest BCUT2D eigenvalue weighted by Crippen LogP contribution is -2.26. The fourth-order valence-electron chi connectivity index (χ4n) is 3.92. The van der Waals surface area contributed by atoms with Crippen molar-refractivity contribution >= 4 is 27.7 Å². The van der Waals surface area contributed by atoms with Gasteiger partial charge in [-0.3, -0.25) is 4.79 Å². The van der Waals surface area contributed by atoms with Crippen LogP contribution in [0.2, 0.25) is 0 Å². The molecule has 32 heavy (non-hydrogen) atoms. The SMILES string of the molecule is O=C(NCCc1nc2ccccc2n1CCOc1cccc2ccccc12)c1ccco1. The predicted molar refractivity (Wildman–Crippen MR) is 124 cm³/mol. The van der Waals surface area contributed by atoms with E-state index in [0.29, 0.717) is 31.9 Å². The molecule has 0 atom stereocenters. The van der Waals surface area contributed by atoms with Gasteiger partial charge < -0.3 is 19.0 Å². The van der Waals surface area contributed by atoms with Gasteiger partial charge in [0.1, 0.15) is 18.2 Å². The normalized spacial score (nSPS) is 11.1. The number of fused-ring (bicyclic) bond motifs is 2. The molecule has 0 bridgehead atoms. The Morgan fingerprint density at radius 1 is 0.969 bits per heavy atom. The number of imidazole rings is 1. The first-order valence-corrected chi connectivity index (χ1v) is 10.7. The third-order valence-corrected chi connectivity index (χ3v) is 5.43. The van der Waals surface area contributed by atoms with Crippen molar-refractivity contribution < 1.29 is 13.9 Å². The number of nitrogens with zero attached hydrogens (tertiary/aromatic N) is 2. The monoisotopic (exact) mass is 425 g/mol. The molecule has 1 amide bonds. The van der Waals surface area contributed by atoms with E-state index in [1.807, 2.05) is 42.5 Å². The molecule has 5 rings (SSSR count). The zero-order chi connectivity index (χ0) is 21.8. The fourth-order valence-corrected chi connectivity index (χ4v) is 3.92. The summed E-state index contributed by atoms with van der Waals surface area (Å²) in [5.41, 5.74) is 1.99. The van der Waals surface area contributed by atoms with Gasteiger partial charge in [-0.1, -0.05) is 48.5 Å². The zero-order valence-electron chi connectivity index (χ0n) is 17.5. The van der Waals surface area contributed by atoms with Gasteiger partial charge in [0.15, 0.2) is 5.76 Å². The highest BCUT2D eigenvalue weighted by molar-refractivity contribution is 5.91. The summed E-state index contributed by atoms with van der Waals surface area (Å²) in [5.74, 6) is 1.87. The second-order valence-corrected chi connectivity index (χ2v) is 7.48. The Labute approximate surface area is 185 Å². The highest BCUT2D eigenvalue weighted by atomic mass is 16.5. The lowest BCUT2D eigenvalue weighted by Gasteiger charge is -2.12. The first-order valence-electron chi connectivity index (χ1n) is 10.7. The van der Waals surface area contributed by atoms with E-state index in [-0.39, 0.29) is 5.91 Å². The van der Waals surface area contributed by atoms with Crippen LogP contribution in [0.4, 0.5) is 0 Å². The van der Waals surface area contributed by atoms with Crippen LogP contribution in [-0.4, -0.2) is 28.6 Å². The molecule has 2 heterocycles. The number of ether oxygens (including phenoxy) is 1. The Balaban J connectivity index is 1.30. The van der Waals surface area contributed by atoms with Gasteiger partial charge in [0.2, 0.25) is 0 Å². The zero-order valence-corrected chi connectivity index (χ0v) is 17.5. The van der Waals surface area contributed by atoms with Gasteiger partial charge >= 0.3 is 0 Å². The maximum Gasteiger partial charge on any atom is 0.286 e. The van der Waals surface area contributed by atoms with Crippen LogP contribution in [0.3, 0.4) is 0 Å². The summed E-state index contributed by atoms with van der Waals surface area (Å²) in [5, 5.41) is 5.15. The number of furan rings is 1. The number of carbonyl (C=O) groups excluding carboxylic acids is 1. The number of benzene rings is 3. The van der Waals surface area contributed by atoms with Crippen LogP contribution in [0.25, 0.3) is 21.8 Å². The Bertz CT molecular complexity index is 1350. The molecule has 0 aliphatic heterocycles. The minimum absolute atomic E-state index is 0.225. The molecule has 5 aromatic rings. The molecule has 2 aromatic heterocycles. The van der Waals surface area contributed by atoms with Crippen molar-refractivity contribution in [3.8, 4) is 5.75 Å². The first-order chi connectivity index (χ1) is 15.8. The Morgan fingerprint density at radius 2 is 1.81 bits per heavy atom. The molecule has 0 aliphatic carbocycles. The lowest BCUT2D eigenvalue weighted by atomic mass is 10.1. The van der Waals surface area contributed by atoms with Crippen molar-refractivity contribution in [1.29, 1.82) is 0 Å². The molecule has 0 unspecified atom stereocenters. The topological polar surface area (TPSA) is 69.3 Å². The molecule has 6 heteroatoms. The third kappa shape index (κ3) is 4.07. The van der Waals surface area contributed by atoms with Crippen LogP contribution in [0.1, 0.15) is 16.4 Å². The van der Waals surface area contributed by atoms with Crippen molar-refractivity contribution in [2.24, 2.45) is 0 Å². The van der Waals surface area contributed by atoms with E-state index in [9.17, 15) is 4.79 Å². The van der Waals surface area contributed by atoms with E-state index < -0.39 is 0 Å². The van der Waals surface area contributed by atoms with E-state index in [1.54, 1.807) is 12.1 Å². The maximum absolute atomic E-state index is 12.1. The lowest BCUT2D eigenvalue weighted by molar-refractivity contribution is 0.0926. The quantitative estimate of drug-likeness (QED) is 0.386. The highest BCUT2D eigenvalue weighted by Gasteiger charge is 2.13. The van der Waals surface area contributed by atoms with E-state index in [0.717, 1.165) is 33.4 Å². The molecule has 0 spiro atoms. The first kappa shape index (κ1) is 19.9. The summed E-state index contributed by atoms with van der Waals surface area (Å²) in [6.07, 6.45) is 2.10. The third-order valence-electron chi connectivity index (χ3n) is 5.43. The molecule has 0 saturated carbocycles. The van der Waals surface area contributed by atoms with Crippen LogP contribution in [-0.2, 0) is 13.0 Å². The number of para-hydroxylation sites is 2. The molecule has 0 saturated heterocycles. The van der Waals surface area contributed by atoms with E-state index in [4.69, 9.17) is 14.1 Å². The summed E-state index contributed by atoms with van der Waals surface area (Å²) < 4.78 is 13.5. The summed E-state index contributed by atoms with van der Waals surface area (Å²) >= 11 is 0. The highest BCUT2D eigenvalue weighted by Crippen LogP contribution is 2.25. The maximum atomic E-state index is 12.1. The molecular formula is C26H23N3O3. The minimum atomic E-state index is -0.225. The van der Waals surface area contributed by atoms with Gasteiger partial charge in [0, 0.05) is 18.4 Å². The Kier molecular flexibility index (Phi) is 5.58. The molecule has 3 aromatic carbocycles. The second-order valence-electron chi connectivity index (χ2n) is 7.48. The predicted octanol–water partition coefficient (Wildman–Crippen LogP) is 4.83. The molecule has 1 N–H and O–H groups in total. The number of rotatable bonds is 8. The Hall–Kier alpha value is -4.06. The standard InChI is InChI=1S/C26H23N3O3/c30-26(24-13-6-17-31-24)27-15-14-25-28-21-10-3-4-11-22(21)29(25)16-18-32-23-12-5-8-19-7-1-2-9-20(19)23/h1-13,17H,14-16,18H2,(H,27,30). The number of carbonyl (C=O) groups is 1. The van der Waals surface area contributed by atoms with Crippen molar-refractivity contribution in [2.75, 3.05) is 13.2 Å². The summed E-state index contributed by atoms with van der Waals surface area (Å²) in [6.45, 7) is 1.64. The Morgan fingerprint density at radius 3 is 2.72 bits per heavy atom. The van der Waals surface area contributed by atoms with Gasteiger partial charge in [-0.2, -0.15) is 0 Å². The van der Waals surface area contributed by atoms with E-state index in [2.05, 4.69) is 34.1 Å². The van der Waals surface area contributed by atoms with Crippen LogP contribution in [0, 0.1) is 0 Å². The van der Waals surface area contributed by atoms with Crippen LogP contribution in [0.5, 0.6) is 5.75 Å². The number of hydrogen-bond donors (Lipinski definition) is 1. The van der Waals surface area contributed by atoms with Gasteiger partial charge in [-0.15, -0.1) is 0 Å². The smallest absolute Gasteiger partial charge is 0.286 e. The summed E-state index contributed by atoms with van der Waals surface area (Å²) in [7, 11) is 0. The second kappa shape index (κ2) is 8.98. The van der Waals surface area contributed by atoms with Crippen LogP contribution in [0.15, 0.2) is 89.5 Å². The minimum Gasteiger partial charge on any atom is -0.491 e. The van der Waals surface area contributed by atoms with Gasteiger partial charge in [-0.25, -0.2) is 4.98 Å². The van der Waals surface area contributed by atoms with Crippen molar-refractivity contribution in [3.63, 3.8) is 0 Å². The molecule has 0 fully saturated rings. The van der Waals surface area contributed by atoms with Crippen molar-refractivity contribution in [1.82, 2.24) is 14.9 Å².